The van der Waals surface area contributed by atoms with Crippen LogP contribution in [-0.2, 0) is 16.1 Å². The van der Waals surface area contributed by atoms with Gasteiger partial charge in [-0.3, -0.25) is 9.59 Å². The normalized spacial score (nSPS) is 12.0. The number of rotatable bonds is 9. The summed E-state index contributed by atoms with van der Waals surface area (Å²) in [6, 6.07) is 11.8. The number of carbonyl (C=O) groups is 2. The van der Waals surface area contributed by atoms with Crippen LogP contribution >= 0.6 is 46.6 Å². The van der Waals surface area contributed by atoms with E-state index in [0.717, 1.165) is 10.5 Å². The molecule has 2 aromatic carbocycles. The van der Waals surface area contributed by atoms with Crippen molar-refractivity contribution in [1.29, 1.82) is 0 Å². The average molecular weight is 488 g/mol. The van der Waals surface area contributed by atoms with Gasteiger partial charge in [-0.2, -0.15) is 0 Å². The first kappa shape index (κ1) is 24.9. The highest BCUT2D eigenvalue weighted by atomic mass is 35.5. The lowest BCUT2D eigenvalue weighted by Gasteiger charge is -2.31. The van der Waals surface area contributed by atoms with E-state index in [1.54, 1.807) is 35.2 Å². The fraction of sp³-hybridized carbons (Fsp3) is 0.364. The quantitative estimate of drug-likeness (QED) is 0.437. The predicted molar refractivity (Wildman–Crippen MR) is 127 cm³/mol. The third-order valence-corrected chi connectivity index (χ3v) is 6.18. The molecular weight excluding hydrogens is 463 g/mol. The summed E-state index contributed by atoms with van der Waals surface area (Å²) in [5.74, 6) is -0.132. The summed E-state index contributed by atoms with van der Waals surface area (Å²) in [4.78, 5) is 28.5. The van der Waals surface area contributed by atoms with E-state index < -0.39 is 6.04 Å². The maximum atomic E-state index is 13.2. The molecule has 0 heterocycles. The van der Waals surface area contributed by atoms with Gasteiger partial charge in [0.15, 0.2) is 0 Å². The minimum Gasteiger partial charge on any atom is -0.352 e. The molecule has 2 rings (SSSR count). The molecule has 2 amide bonds. The Labute approximate surface area is 197 Å². The molecule has 0 spiro atoms. The van der Waals surface area contributed by atoms with Crippen LogP contribution in [0.5, 0.6) is 0 Å². The molecule has 0 aliphatic carbocycles. The first-order valence-corrected chi connectivity index (χ1v) is 11.7. The van der Waals surface area contributed by atoms with Gasteiger partial charge in [-0.05, 0) is 62.2 Å². The average Bonchev–Trinajstić information content (AvgIpc) is 2.68. The number of halogens is 3. The minimum absolute atomic E-state index is 0.0222. The fourth-order valence-electron chi connectivity index (χ4n) is 2.89. The first-order valence-electron chi connectivity index (χ1n) is 9.63. The molecule has 8 heteroatoms. The van der Waals surface area contributed by atoms with Gasteiger partial charge in [-0.1, -0.05) is 47.8 Å². The molecule has 2 aromatic rings. The Morgan fingerprint density at radius 2 is 1.67 bits per heavy atom. The van der Waals surface area contributed by atoms with Crippen LogP contribution < -0.4 is 5.32 Å². The highest BCUT2D eigenvalue weighted by Crippen LogP contribution is 2.25. The van der Waals surface area contributed by atoms with Crippen molar-refractivity contribution >= 4 is 58.4 Å². The van der Waals surface area contributed by atoms with Crippen molar-refractivity contribution < 1.29 is 9.59 Å². The molecule has 0 saturated heterocycles. The SMILES string of the molecule is CC[C@H](C(=O)NC(C)C)N(Cc1ccc(Cl)cc1Cl)C(=O)CSc1ccc(Cl)cc1. The molecular formula is C22H25Cl3N2O2S. The molecule has 0 fully saturated rings. The summed E-state index contributed by atoms with van der Waals surface area (Å²) < 4.78 is 0. The number of nitrogens with zero attached hydrogens (tertiary/aromatic N) is 1. The highest BCUT2D eigenvalue weighted by Gasteiger charge is 2.29. The number of hydrogen-bond acceptors (Lipinski definition) is 3. The van der Waals surface area contributed by atoms with Crippen molar-refractivity contribution in [1.82, 2.24) is 10.2 Å². The fourth-order valence-corrected chi connectivity index (χ4v) is 4.27. The Bertz CT molecular complexity index is 875. The summed E-state index contributed by atoms with van der Waals surface area (Å²) in [6.45, 7) is 5.90. The molecule has 0 aliphatic heterocycles. The van der Waals surface area contributed by atoms with E-state index in [0.29, 0.717) is 21.5 Å². The Morgan fingerprint density at radius 1 is 1.03 bits per heavy atom. The minimum atomic E-state index is -0.600. The van der Waals surface area contributed by atoms with E-state index in [1.165, 1.54) is 11.8 Å². The van der Waals surface area contributed by atoms with Crippen molar-refractivity contribution in [2.75, 3.05) is 5.75 Å². The van der Waals surface area contributed by atoms with Crippen LogP contribution in [0.2, 0.25) is 15.1 Å². The molecule has 1 N–H and O–H groups in total. The monoisotopic (exact) mass is 486 g/mol. The number of nitrogens with one attached hydrogen (secondary N) is 1. The van der Waals surface area contributed by atoms with Crippen LogP contribution in [0.25, 0.3) is 0 Å². The molecule has 0 unspecified atom stereocenters. The molecule has 0 bridgehead atoms. The highest BCUT2D eigenvalue weighted by molar-refractivity contribution is 8.00. The Kier molecular flexibility index (Phi) is 9.82. The van der Waals surface area contributed by atoms with Crippen LogP contribution in [0.15, 0.2) is 47.4 Å². The van der Waals surface area contributed by atoms with Gasteiger partial charge >= 0.3 is 0 Å². The van der Waals surface area contributed by atoms with Crippen LogP contribution in [0.3, 0.4) is 0 Å². The van der Waals surface area contributed by atoms with Crippen molar-refractivity contribution in [2.24, 2.45) is 0 Å². The van der Waals surface area contributed by atoms with Crippen molar-refractivity contribution in [3.05, 3.63) is 63.1 Å². The van der Waals surface area contributed by atoms with Crippen molar-refractivity contribution in [2.45, 2.75) is 50.7 Å². The Balaban J connectivity index is 2.24. The Hall–Kier alpha value is -1.40. The molecule has 0 radical (unpaired) electrons. The van der Waals surface area contributed by atoms with Crippen LogP contribution in [0.1, 0.15) is 32.8 Å². The smallest absolute Gasteiger partial charge is 0.243 e. The van der Waals surface area contributed by atoms with E-state index >= 15 is 0 Å². The zero-order valence-corrected chi connectivity index (χ0v) is 20.2. The number of carbonyl (C=O) groups excluding carboxylic acids is 2. The maximum absolute atomic E-state index is 13.2. The lowest BCUT2D eigenvalue weighted by molar-refractivity contribution is -0.139. The van der Waals surface area contributed by atoms with Gasteiger partial charge in [0.05, 0.1) is 5.75 Å². The zero-order valence-electron chi connectivity index (χ0n) is 17.1. The van der Waals surface area contributed by atoms with Gasteiger partial charge in [0, 0.05) is 32.5 Å². The number of benzene rings is 2. The lowest BCUT2D eigenvalue weighted by atomic mass is 10.1. The third-order valence-electron chi connectivity index (χ3n) is 4.35. The number of hydrogen-bond donors (Lipinski definition) is 1. The summed E-state index contributed by atoms with van der Waals surface area (Å²) >= 11 is 19.7. The van der Waals surface area contributed by atoms with Gasteiger partial charge < -0.3 is 10.2 Å². The second-order valence-corrected chi connectivity index (χ2v) is 9.42. The second kappa shape index (κ2) is 11.8. The van der Waals surface area contributed by atoms with E-state index in [2.05, 4.69) is 5.32 Å². The molecule has 30 heavy (non-hydrogen) atoms. The van der Waals surface area contributed by atoms with Crippen LogP contribution in [0.4, 0.5) is 0 Å². The molecule has 0 saturated carbocycles. The van der Waals surface area contributed by atoms with E-state index in [9.17, 15) is 9.59 Å². The van der Waals surface area contributed by atoms with Crippen molar-refractivity contribution in [3.63, 3.8) is 0 Å². The topological polar surface area (TPSA) is 49.4 Å². The third kappa shape index (κ3) is 7.38. The number of amides is 2. The van der Waals surface area contributed by atoms with Gasteiger partial charge in [-0.25, -0.2) is 0 Å². The molecule has 4 nitrogen and oxygen atoms in total. The lowest BCUT2D eigenvalue weighted by Crippen LogP contribution is -2.51. The molecule has 0 aromatic heterocycles. The van der Waals surface area contributed by atoms with Gasteiger partial charge in [0.1, 0.15) is 6.04 Å². The maximum Gasteiger partial charge on any atom is 0.243 e. The van der Waals surface area contributed by atoms with Crippen LogP contribution in [0, 0.1) is 0 Å². The predicted octanol–water partition coefficient (Wildman–Crippen LogP) is 6.07. The number of thioether (sulfide) groups is 1. The van der Waals surface area contributed by atoms with E-state index in [-0.39, 0.29) is 30.2 Å². The summed E-state index contributed by atoms with van der Waals surface area (Å²) in [6.07, 6.45) is 0.487. The molecule has 1 atom stereocenters. The van der Waals surface area contributed by atoms with E-state index in [1.807, 2.05) is 32.9 Å². The molecule has 162 valence electrons. The standard InChI is InChI=1S/C22H25Cl3N2O2S/c1-4-20(22(29)26-14(2)3)27(12-15-5-6-17(24)11-19(15)25)21(28)13-30-18-9-7-16(23)8-10-18/h5-11,14,20H,4,12-13H2,1-3H3,(H,26,29)/t20-/m1/s1. The van der Waals surface area contributed by atoms with Crippen molar-refractivity contribution in [3.8, 4) is 0 Å². The summed E-state index contributed by atoms with van der Waals surface area (Å²) in [7, 11) is 0. The largest absolute Gasteiger partial charge is 0.352 e. The molecule has 0 aliphatic rings. The van der Waals surface area contributed by atoms with Crippen LogP contribution in [-0.4, -0.2) is 34.6 Å². The Morgan fingerprint density at radius 3 is 2.23 bits per heavy atom. The van der Waals surface area contributed by atoms with Gasteiger partial charge in [-0.15, -0.1) is 11.8 Å². The summed E-state index contributed by atoms with van der Waals surface area (Å²) in [5, 5.41) is 4.53. The first-order chi connectivity index (χ1) is 14.2. The second-order valence-electron chi connectivity index (χ2n) is 7.09. The van der Waals surface area contributed by atoms with E-state index in [4.69, 9.17) is 34.8 Å². The summed E-state index contributed by atoms with van der Waals surface area (Å²) in [5.41, 5.74) is 0.738. The van der Waals surface area contributed by atoms with Gasteiger partial charge in [0.25, 0.3) is 0 Å². The van der Waals surface area contributed by atoms with Gasteiger partial charge in [0.2, 0.25) is 11.8 Å². The zero-order chi connectivity index (χ0) is 22.3.